The predicted octanol–water partition coefficient (Wildman–Crippen LogP) is 1.53. The highest BCUT2D eigenvalue weighted by Crippen LogP contribution is 2.14. The lowest BCUT2D eigenvalue weighted by Crippen LogP contribution is -2.12. The second kappa shape index (κ2) is 5.29. The summed E-state index contributed by atoms with van der Waals surface area (Å²) in [6.45, 7) is 0.611. The van der Waals surface area contributed by atoms with Gasteiger partial charge >= 0.3 is 0 Å². The van der Waals surface area contributed by atoms with Gasteiger partial charge in [0.25, 0.3) is 0 Å². The summed E-state index contributed by atoms with van der Waals surface area (Å²) in [7, 11) is -3.64. The summed E-state index contributed by atoms with van der Waals surface area (Å²) in [6, 6.07) is 13.8. The van der Waals surface area contributed by atoms with Gasteiger partial charge in [-0.1, -0.05) is 12.1 Å². The maximum atomic E-state index is 11.1. The van der Waals surface area contributed by atoms with Crippen LogP contribution in [0.3, 0.4) is 0 Å². The average molecular weight is 277 g/mol. The van der Waals surface area contributed by atoms with Gasteiger partial charge in [-0.2, -0.15) is 0 Å². The molecule has 0 saturated carbocycles. The van der Waals surface area contributed by atoms with E-state index in [1.165, 1.54) is 12.1 Å². The maximum Gasteiger partial charge on any atom is 0.238 e. The Hall–Kier alpha value is -2.05. The SMILES string of the molecule is Nc1cccc(CNc2ccc(S(N)(=O)=O)cc2)c1. The van der Waals surface area contributed by atoms with Crippen molar-refractivity contribution in [3.05, 3.63) is 54.1 Å². The highest BCUT2D eigenvalue weighted by molar-refractivity contribution is 7.89. The molecule has 0 unspecified atom stereocenters. The molecule has 5 nitrogen and oxygen atoms in total. The zero-order valence-electron chi connectivity index (χ0n) is 10.2. The van der Waals surface area contributed by atoms with Gasteiger partial charge in [-0.15, -0.1) is 0 Å². The Morgan fingerprint density at radius 2 is 1.74 bits per heavy atom. The Morgan fingerprint density at radius 1 is 1.05 bits per heavy atom. The first-order chi connectivity index (χ1) is 8.95. The molecule has 2 aromatic carbocycles. The third-order valence-electron chi connectivity index (χ3n) is 2.63. The van der Waals surface area contributed by atoms with Crippen LogP contribution in [0.25, 0.3) is 0 Å². The van der Waals surface area contributed by atoms with E-state index < -0.39 is 10.0 Å². The second-order valence-electron chi connectivity index (χ2n) is 4.17. The van der Waals surface area contributed by atoms with Gasteiger partial charge in [0.2, 0.25) is 10.0 Å². The van der Waals surface area contributed by atoms with Crippen molar-refractivity contribution in [1.82, 2.24) is 0 Å². The van der Waals surface area contributed by atoms with E-state index in [1.54, 1.807) is 12.1 Å². The normalized spacial score (nSPS) is 11.2. The van der Waals surface area contributed by atoms with Gasteiger partial charge in [-0.3, -0.25) is 0 Å². The van der Waals surface area contributed by atoms with Crippen molar-refractivity contribution in [3.8, 4) is 0 Å². The first-order valence-corrected chi connectivity index (χ1v) is 7.21. The topological polar surface area (TPSA) is 98.2 Å². The molecule has 6 heteroatoms. The van der Waals surface area contributed by atoms with E-state index in [4.69, 9.17) is 10.9 Å². The summed E-state index contributed by atoms with van der Waals surface area (Å²) in [6.07, 6.45) is 0. The van der Waals surface area contributed by atoms with Crippen LogP contribution in [-0.4, -0.2) is 8.42 Å². The number of nitrogens with one attached hydrogen (secondary N) is 1. The molecule has 2 aromatic rings. The molecule has 0 aromatic heterocycles. The van der Waals surface area contributed by atoms with E-state index >= 15 is 0 Å². The van der Waals surface area contributed by atoms with Crippen LogP contribution in [0, 0.1) is 0 Å². The second-order valence-corrected chi connectivity index (χ2v) is 5.73. The van der Waals surface area contributed by atoms with Crippen LogP contribution >= 0.6 is 0 Å². The summed E-state index contributed by atoms with van der Waals surface area (Å²) in [5.74, 6) is 0. The number of hydrogen-bond acceptors (Lipinski definition) is 4. The van der Waals surface area contributed by atoms with Crippen LogP contribution in [-0.2, 0) is 16.6 Å². The zero-order chi connectivity index (χ0) is 13.9. The van der Waals surface area contributed by atoms with Crippen LogP contribution < -0.4 is 16.2 Å². The van der Waals surface area contributed by atoms with Crippen molar-refractivity contribution in [3.63, 3.8) is 0 Å². The molecule has 0 bridgehead atoms. The number of nitrogens with two attached hydrogens (primary N) is 2. The molecule has 0 saturated heterocycles. The van der Waals surface area contributed by atoms with Gasteiger partial charge in [0, 0.05) is 17.9 Å². The molecule has 0 amide bonds. The molecule has 0 fully saturated rings. The average Bonchev–Trinajstić information content (AvgIpc) is 2.36. The van der Waals surface area contributed by atoms with E-state index in [0.29, 0.717) is 12.2 Å². The van der Waals surface area contributed by atoms with Crippen molar-refractivity contribution >= 4 is 21.4 Å². The van der Waals surface area contributed by atoms with Crippen LogP contribution in [0.2, 0.25) is 0 Å². The highest BCUT2D eigenvalue weighted by atomic mass is 32.2. The van der Waals surface area contributed by atoms with E-state index in [9.17, 15) is 8.42 Å². The largest absolute Gasteiger partial charge is 0.399 e. The van der Waals surface area contributed by atoms with E-state index in [0.717, 1.165) is 11.3 Å². The Balaban J connectivity index is 2.05. The summed E-state index contributed by atoms with van der Waals surface area (Å²) in [4.78, 5) is 0.0991. The maximum absolute atomic E-state index is 11.1. The molecule has 5 N–H and O–H groups in total. The molecular weight excluding hydrogens is 262 g/mol. The molecular formula is C13H15N3O2S. The fourth-order valence-corrected chi connectivity index (χ4v) is 2.19. The van der Waals surface area contributed by atoms with Crippen molar-refractivity contribution in [2.24, 2.45) is 5.14 Å². The lowest BCUT2D eigenvalue weighted by atomic mass is 10.2. The Morgan fingerprint density at radius 3 is 2.32 bits per heavy atom. The summed E-state index contributed by atoms with van der Waals surface area (Å²) < 4.78 is 22.2. The smallest absolute Gasteiger partial charge is 0.238 e. The number of rotatable bonds is 4. The highest BCUT2D eigenvalue weighted by Gasteiger charge is 2.06. The van der Waals surface area contributed by atoms with Crippen molar-refractivity contribution in [2.45, 2.75) is 11.4 Å². The van der Waals surface area contributed by atoms with Crippen LogP contribution in [0.1, 0.15) is 5.56 Å². The molecule has 0 aliphatic heterocycles. The molecule has 100 valence electrons. The fourth-order valence-electron chi connectivity index (χ4n) is 1.67. The number of sulfonamides is 1. The van der Waals surface area contributed by atoms with Gasteiger partial charge < -0.3 is 11.1 Å². The molecule has 2 rings (SSSR count). The molecule has 0 atom stereocenters. The first-order valence-electron chi connectivity index (χ1n) is 5.66. The molecule has 0 aliphatic carbocycles. The predicted molar refractivity (Wildman–Crippen MR) is 76.0 cm³/mol. The van der Waals surface area contributed by atoms with Crippen LogP contribution in [0.15, 0.2) is 53.4 Å². The third-order valence-corrected chi connectivity index (χ3v) is 3.56. The molecule has 0 heterocycles. The zero-order valence-corrected chi connectivity index (χ0v) is 11.0. The molecule has 0 spiro atoms. The van der Waals surface area contributed by atoms with Gasteiger partial charge in [-0.25, -0.2) is 13.6 Å². The first kappa shape index (κ1) is 13.4. The standard InChI is InChI=1S/C13H15N3O2S/c14-11-3-1-2-10(8-11)9-16-12-4-6-13(7-5-12)19(15,17)18/h1-8,16H,9,14H2,(H2,15,17,18). The van der Waals surface area contributed by atoms with E-state index in [-0.39, 0.29) is 4.90 Å². The Labute approximate surface area is 112 Å². The molecule has 0 aliphatic rings. The minimum atomic E-state index is -3.64. The number of nitrogen functional groups attached to an aromatic ring is 1. The van der Waals surface area contributed by atoms with Gasteiger partial charge in [-0.05, 0) is 42.0 Å². The molecule has 0 radical (unpaired) electrons. The number of benzene rings is 2. The van der Waals surface area contributed by atoms with E-state index in [1.807, 2.05) is 24.3 Å². The quantitative estimate of drug-likeness (QED) is 0.738. The third kappa shape index (κ3) is 3.70. The summed E-state index contributed by atoms with van der Waals surface area (Å²) in [5.41, 5.74) is 8.26. The number of hydrogen-bond donors (Lipinski definition) is 3. The van der Waals surface area contributed by atoms with Gasteiger partial charge in [0.1, 0.15) is 0 Å². The van der Waals surface area contributed by atoms with Gasteiger partial charge in [0.15, 0.2) is 0 Å². The van der Waals surface area contributed by atoms with E-state index in [2.05, 4.69) is 5.32 Å². The minimum Gasteiger partial charge on any atom is -0.399 e. The van der Waals surface area contributed by atoms with Gasteiger partial charge in [0.05, 0.1) is 4.90 Å². The van der Waals surface area contributed by atoms with Crippen molar-refractivity contribution in [2.75, 3.05) is 11.1 Å². The van der Waals surface area contributed by atoms with Crippen molar-refractivity contribution in [1.29, 1.82) is 0 Å². The minimum absolute atomic E-state index is 0.0991. The number of anilines is 2. The number of primary sulfonamides is 1. The fraction of sp³-hybridized carbons (Fsp3) is 0.0769. The summed E-state index contributed by atoms with van der Waals surface area (Å²) in [5, 5.41) is 8.20. The lowest BCUT2D eigenvalue weighted by Gasteiger charge is -2.07. The lowest BCUT2D eigenvalue weighted by molar-refractivity contribution is 0.598. The summed E-state index contributed by atoms with van der Waals surface area (Å²) >= 11 is 0. The Bertz CT molecular complexity index is 667. The monoisotopic (exact) mass is 277 g/mol. The van der Waals surface area contributed by atoms with Crippen LogP contribution in [0.5, 0.6) is 0 Å². The van der Waals surface area contributed by atoms with Crippen molar-refractivity contribution < 1.29 is 8.42 Å². The Kier molecular flexibility index (Phi) is 3.73. The van der Waals surface area contributed by atoms with Crippen LogP contribution in [0.4, 0.5) is 11.4 Å². The molecule has 19 heavy (non-hydrogen) atoms.